The molecule has 1 aromatic heterocycles. The summed E-state index contributed by atoms with van der Waals surface area (Å²) in [6.07, 6.45) is 4.23. The summed E-state index contributed by atoms with van der Waals surface area (Å²) in [7, 11) is 1.70. The SMILES string of the molecule is COc1ccc2[nH]cc(C3CCN(CC(=O)NCc4ccc(Cl)cc4)CC3)c2c1. The first-order valence-electron chi connectivity index (χ1n) is 10.0. The molecule has 1 fully saturated rings. The van der Waals surface area contributed by atoms with Crippen LogP contribution in [-0.2, 0) is 11.3 Å². The smallest absolute Gasteiger partial charge is 0.234 e. The van der Waals surface area contributed by atoms with Crippen molar-refractivity contribution in [2.24, 2.45) is 0 Å². The quantitative estimate of drug-likeness (QED) is 0.634. The fraction of sp³-hybridized carbons (Fsp3) is 0.348. The fourth-order valence-electron chi connectivity index (χ4n) is 4.05. The van der Waals surface area contributed by atoms with Gasteiger partial charge in [-0.25, -0.2) is 0 Å². The van der Waals surface area contributed by atoms with Gasteiger partial charge in [0.25, 0.3) is 0 Å². The van der Waals surface area contributed by atoms with Crippen LogP contribution in [0.25, 0.3) is 10.9 Å². The van der Waals surface area contributed by atoms with Gasteiger partial charge in [-0.1, -0.05) is 23.7 Å². The third kappa shape index (κ3) is 4.74. The topological polar surface area (TPSA) is 57.4 Å². The fourth-order valence-corrected chi connectivity index (χ4v) is 4.18. The molecule has 0 bridgehead atoms. The van der Waals surface area contributed by atoms with Gasteiger partial charge in [0.2, 0.25) is 5.91 Å². The molecule has 1 aliphatic rings. The van der Waals surface area contributed by atoms with Crippen LogP contribution in [0.3, 0.4) is 0 Å². The molecular weight excluding hydrogens is 386 g/mol. The van der Waals surface area contributed by atoms with Gasteiger partial charge in [0.1, 0.15) is 5.75 Å². The van der Waals surface area contributed by atoms with E-state index in [4.69, 9.17) is 16.3 Å². The van der Waals surface area contributed by atoms with Crippen LogP contribution in [0.15, 0.2) is 48.7 Å². The summed E-state index contributed by atoms with van der Waals surface area (Å²) in [6.45, 7) is 2.83. The zero-order valence-corrected chi connectivity index (χ0v) is 17.3. The molecule has 3 aromatic rings. The zero-order valence-electron chi connectivity index (χ0n) is 16.6. The van der Waals surface area contributed by atoms with E-state index in [9.17, 15) is 4.79 Å². The second kappa shape index (κ2) is 8.89. The monoisotopic (exact) mass is 411 g/mol. The van der Waals surface area contributed by atoms with Crippen LogP contribution >= 0.6 is 11.6 Å². The van der Waals surface area contributed by atoms with Crippen molar-refractivity contribution in [1.82, 2.24) is 15.2 Å². The maximum absolute atomic E-state index is 12.3. The van der Waals surface area contributed by atoms with Crippen LogP contribution in [0.1, 0.15) is 29.9 Å². The van der Waals surface area contributed by atoms with Crippen LogP contribution in [0.5, 0.6) is 5.75 Å². The third-order valence-electron chi connectivity index (χ3n) is 5.72. The Bertz CT molecular complexity index is 975. The van der Waals surface area contributed by atoms with E-state index in [2.05, 4.69) is 33.5 Å². The molecular formula is C23H26ClN3O2. The maximum Gasteiger partial charge on any atom is 0.234 e. The lowest BCUT2D eigenvalue weighted by molar-refractivity contribution is -0.122. The molecule has 2 aromatic carbocycles. The predicted octanol–water partition coefficient (Wildman–Crippen LogP) is 4.33. The summed E-state index contributed by atoms with van der Waals surface area (Å²) in [6, 6.07) is 13.7. The Morgan fingerprint density at radius 1 is 1.21 bits per heavy atom. The van der Waals surface area contributed by atoms with Crippen molar-refractivity contribution in [3.63, 3.8) is 0 Å². The lowest BCUT2D eigenvalue weighted by atomic mass is 9.89. The molecule has 1 amide bonds. The average molecular weight is 412 g/mol. The Labute approximate surface area is 176 Å². The number of ether oxygens (including phenoxy) is 1. The number of rotatable bonds is 6. The number of aromatic amines is 1. The number of amides is 1. The first-order valence-corrected chi connectivity index (χ1v) is 10.4. The second-order valence-electron chi connectivity index (χ2n) is 7.61. The van der Waals surface area contributed by atoms with E-state index in [1.54, 1.807) is 7.11 Å². The molecule has 0 aliphatic carbocycles. The molecule has 2 heterocycles. The molecule has 5 nitrogen and oxygen atoms in total. The van der Waals surface area contributed by atoms with Crippen molar-refractivity contribution < 1.29 is 9.53 Å². The number of benzene rings is 2. The van der Waals surface area contributed by atoms with Crippen molar-refractivity contribution in [3.8, 4) is 5.75 Å². The van der Waals surface area contributed by atoms with Gasteiger partial charge >= 0.3 is 0 Å². The molecule has 6 heteroatoms. The van der Waals surface area contributed by atoms with E-state index in [-0.39, 0.29) is 5.91 Å². The molecule has 1 saturated heterocycles. The van der Waals surface area contributed by atoms with Crippen LogP contribution in [0, 0.1) is 0 Å². The normalized spacial score (nSPS) is 15.5. The Balaban J connectivity index is 1.29. The van der Waals surface area contributed by atoms with Gasteiger partial charge in [-0.05, 0) is 73.3 Å². The van der Waals surface area contributed by atoms with E-state index in [1.807, 2.05) is 30.3 Å². The molecule has 0 spiro atoms. The minimum Gasteiger partial charge on any atom is -0.497 e. The highest BCUT2D eigenvalue weighted by molar-refractivity contribution is 6.30. The number of carbonyl (C=O) groups excluding carboxylic acids is 1. The Morgan fingerprint density at radius 3 is 2.69 bits per heavy atom. The van der Waals surface area contributed by atoms with E-state index < -0.39 is 0 Å². The average Bonchev–Trinajstić information content (AvgIpc) is 3.17. The number of aromatic nitrogens is 1. The number of hydrogen-bond acceptors (Lipinski definition) is 3. The molecule has 4 rings (SSSR count). The van der Waals surface area contributed by atoms with E-state index in [0.29, 0.717) is 24.0 Å². The Morgan fingerprint density at radius 2 is 1.97 bits per heavy atom. The van der Waals surface area contributed by atoms with Crippen LogP contribution in [-0.4, -0.2) is 42.5 Å². The molecule has 0 atom stereocenters. The molecule has 1 aliphatic heterocycles. The molecule has 0 radical (unpaired) electrons. The number of nitrogens with one attached hydrogen (secondary N) is 2. The lowest BCUT2D eigenvalue weighted by Crippen LogP contribution is -2.41. The summed E-state index contributed by atoms with van der Waals surface area (Å²) in [5.41, 5.74) is 3.55. The van der Waals surface area contributed by atoms with Gasteiger partial charge in [-0.3, -0.25) is 9.69 Å². The largest absolute Gasteiger partial charge is 0.497 e. The number of H-pyrrole nitrogens is 1. The van der Waals surface area contributed by atoms with Crippen molar-refractivity contribution in [1.29, 1.82) is 0 Å². The molecule has 0 unspecified atom stereocenters. The van der Waals surface area contributed by atoms with Gasteiger partial charge in [0.05, 0.1) is 13.7 Å². The highest BCUT2D eigenvalue weighted by Crippen LogP contribution is 2.34. The highest BCUT2D eigenvalue weighted by atomic mass is 35.5. The number of nitrogens with zero attached hydrogens (tertiary/aromatic N) is 1. The zero-order chi connectivity index (χ0) is 20.2. The highest BCUT2D eigenvalue weighted by Gasteiger charge is 2.24. The maximum atomic E-state index is 12.3. The van der Waals surface area contributed by atoms with Gasteiger partial charge in [0, 0.05) is 28.7 Å². The van der Waals surface area contributed by atoms with Crippen molar-refractivity contribution in [2.45, 2.75) is 25.3 Å². The third-order valence-corrected chi connectivity index (χ3v) is 5.97. The van der Waals surface area contributed by atoms with Gasteiger partial charge in [-0.15, -0.1) is 0 Å². The number of halogens is 1. The Kier molecular flexibility index (Phi) is 6.07. The van der Waals surface area contributed by atoms with Crippen molar-refractivity contribution in [2.75, 3.05) is 26.7 Å². The van der Waals surface area contributed by atoms with E-state index >= 15 is 0 Å². The molecule has 0 saturated carbocycles. The number of fused-ring (bicyclic) bond motifs is 1. The molecule has 29 heavy (non-hydrogen) atoms. The number of carbonyl (C=O) groups is 1. The van der Waals surface area contributed by atoms with Crippen LogP contribution < -0.4 is 10.1 Å². The molecule has 2 N–H and O–H groups in total. The van der Waals surface area contributed by atoms with Gasteiger partial charge in [-0.2, -0.15) is 0 Å². The minimum absolute atomic E-state index is 0.0650. The van der Waals surface area contributed by atoms with Crippen LogP contribution in [0.4, 0.5) is 0 Å². The first-order chi connectivity index (χ1) is 14.1. The Hall–Kier alpha value is -2.50. The van der Waals surface area contributed by atoms with Gasteiger partial charge < -0.3 is 15.0 Å². The standard InChI is InChI=1S/C23H26ClN3O2/c1-29-19-6-7-22-20(12-19)21(14-25-22)17-8-10-27(11-9-17)15-23(28)26-13-16-2-4-18(24)5-3-16/h2-7,12,14,17,25H,8-11,13,15H2,1H3,(H,26,28). The molecule has 152 valence electrons. The van der Waals surface area contributed by atoms with E-state index in [1.165, 1.54) is 10.9 Å². The lowest BCUT2D eigenvalue weighted by Gasteiger charge is -2.31. The summed E-state index contributed by atoms with van der Waals surface area (Å²) in [5.74, 6) is 1.45. The summed E-state index contributed by atoms with van der Waals surface area (Å²) >= 11 is 5.90. The van der Waals surface area contributed by atoms with Crippen molar-refractivity contribution in [3.05, 3.63) is 64.8 Å². The first kappa shape index (κ1) is 19.8. The predicted molar refractivity (Wildman–Crippen MR) is 117 cm³/mol. The number of likely N-dealkylation sites (tertiary alicyclic amines) is 1. The van der Waals surface area contributed by atoms with Crippen LogP contribution in [0.2, 0.25) is 5.02 Å². The number of methoxy groups -OCH3 is 1. The van der Waals surface area contributed by atoms with Gasteiger partial charge in [0.15, 0.2) is 0 Å². The minimum atomic E-state index is 0.0650. The summed E-state index contributed by atoms with van der Waals surface area (Å²) in [4.78, 5) is 17.9. The number of hydrogen-bond donors (Lipinski definition) is 2. The number of piperidine rings is 1. The summed E-state index contributed by atoms with van der Waals surface area (Å²) in [5, 5.41) is 4.94. The summed E-state index contributed by atoms with van der Waals surface area (Å²) < 4.78 is 5.38. The second-order valence-corrected chi connectivity index (χ2v) is 8.05. The van der Waals surface area contributed by atoms with E-state index in [0.717, 1.165) is 42.8 Å². The van der Waals surface area contributed by atoms with Crippen molar-refractivity contribution >= 4 is 28.4 Å².